The van der Waals surface area contributed by atoms with Crippen LogP contribution in [0, 0.1) is 5.92 Å². The maximum Gasteiger partial charge on any atom is 0.141 e. The van der Waals surface area contributed by atoms with E-state index >= 15 is 0 Å². The van der Waals surface area contributed by atoms with E-state index in [1.807, 2.05) is 4.68 Å². The summed E-state index contributed by atoms with van der Waals surface area (Å²) in [6.45, 7) is 10.1. The van der Waals surface area contributed by atoms with E-state index in [1.54, 1.807) is 6.33 Å². The van der Waals surface area contributed by atoms with Crippen LogP contribution in [0.1, 0.15) is 52.4 Å². The molecule has 104 valence electrons. The normalized spacial score (nSPS) is 13.5. The zero-order chi connectivity index (χ0) is 13.5. The summed E-state index contributed by atoms with van der Waals surface area (Å²) in [6, 6.07) is 0.343. The number of hydrogen-bond donors (Lipinski definition) is 1. The highest BCUT2D eigenvalue weighted by Crippen LogP contribution is 2.17. The highest BCUT2D eigenvalue weighted by Gasteiger charge is 2.15. The van der Waals surface area contributed by atoms with E-state index < -0.39 is 0 Å². The van der Waals surface area contributed by atoms with Gasteiger partial charge in [0.05, 0.1) is 6.54 Å². The molecule has 0 spiro atoms. The lowest BCUT2D eigenvalue weighted by atomic mass is 9.99. The Balaban J connectivity index is 2.39. The first-order valence-electron chi connectivity index (χ1n) is 6.83. The molecule has 0 saturated heterocycles. The van der Waals surface area contributed by atoms with Crippen molar-refractivity contribution in [2.75, 3.05) is 6.54 Å². The van der Waals surface area contributed by atoms with Gasteiger partial charge >= 0.3 is 0 Å². The van der Waals surface area contributed by atoms with Crippen molar-refractivity contribution in [1.29, 1.82) is 0 Å². The number of nitrogens with one attached hydrogen (secondary N) is 1. The molecule has 1 aromatic rings. The third-order valence-electron chi connectivity index (χ3n) is 3.32. The summed E-state index contributed by atoms with van der Waals surface area (Å²) in [6.07, 6.45) is 3.87. The predicted molar refractivity (Wildman–Crippen MR) is 75.8 cm³/mol. The summed E-state index contributed by atoms with van der Waals surface area (Å²) < 4.78 is 1.94. The van der Waals surface area contributed by atoms with Gasteiger partial charge in [0.2, 0.25) is 0 Å². The van der Waals surface area contributed by atoms with E-state index in [0.29, 0.717) is 12.0 Å². The lowest BCUT2D eigenvalue weighted by molar-refractivity contribution is 0.436. The molecule has 0 aliphatic rings. The molecule has 1 N–H and O–H groups in total. The van der Waals surface area contributed by atoms with Gasteiger partial charge in [0, 0.05) is 18.0 Å². The molecular formula is C13H25ClN4. The van der Waals surface area contributed by atoms with E-state index in [0.717, 1.165) is 31.8 Å². The second-order valence-corrected chi connectivity index (χ2v) is 5.50. The molecule has 1 unspecified atom stereocenters. The van der Waals surface area contributed by atoms with E-state index in [9.17, 15) is 0 Å². The lowest BCUT2D eigenvalue weighted by Gasteiger charge is -2.19. The molecule has 0 bridgehead atoms. The molecule has 5 heteroatoms. The molecule has 0 fully saturated rings. The minimum Gasteiger partial charge on any atom is -0.308 e. The molecule has 0 aliphatic heterocycles. The summed E-state index contributed by atoms with van der Waals surface area (Å²) in [5, 5.41) is 7.78. The van der Waals surface area contributed by atoms with Crippen molar-refractivity contribution in [3.8, 4) is 0 Å². The Morgan fingerprint density at radius 1 is 1.33 bits per heavy atom. The van der Waals surface area contributed by atoms with Crippen molar-refractivity contribution in [2.24, 2.45) is 5.92 Å². The van der Waals surface area contributed by atoms with Crippen LogP contribution in [0.4, 0.5) is 0 Å². The van der Waals surface area contributed by atoms with Gasteiger partial charge in [0.25, 0.3) is 0 Å². The van der Waals surface area contributed by atoms with E-state index in [4.69, 9.17) is 11.6 Å². The standard InChI is InChI=1S/C13H25ClN4/c1-5-11(6-2)12(14)7-15-8-13-16-9-17-18(13)10(3)4/h9-12,15H,5-8H2,1-4H3. The SMILES string of the molecule is CCC(CC)C(Cl)CNCc1ncnn1C(C)C. The second kappa shape index (κ2) is 7.74. The Morgan fingerprint density at radius 3 is 2.56 bits per heavy atom. The van der Waals surface area contributed by atoms with Crippen LogP contribution in [0.3, 0.4) is 0 Å². The van der Waals surface area contributed by atoms with Crippen LogP contribution in [-0.4, -0.2) is 26.7 Å². The van der Waals surface area contributed by atoms with Crippen LogP contribution in [0.25, 0.3) is 0 Å². The Bertz CT molecular complexity index is 333. The molecule has 1 atom stereocenters. The number of aromatic nitrogens is 3. The number of halogens is 1. The van der Waals surface area contributed by atoms with Crippen LogP contribution in [-0.2, 0) is 6.54 Å². The van der Waals surface area contributed by atoms with Gasteiger partial charge in [0.1, 0.15) is 12.2 Å². The number of rotatable bonds is 8. The largest absolute Gasteiger partial charge is 0.308 e. The molecule has 0 saturated carbocycles. The molecule has 1 aromatic heterocycles. The fourth-order valence-electron chi connectivity index (χ4n) is 2.12. The van der Waals surface area contributed by atoms with Gasteiger partial charge in [-0.15, -0.1) is 11.6 Å². The summed E-state index contributed by atoms with van der Waals surface area (Å²) in [5.41, 5.74) is 0. The van der Waals surface area contributed by atoms with Crippen LogP contribution in [0.5, 0.6) is 0 Å². The van der Waals surface area contributed by atoms with Crippen molar-refractivity contribution < 1.29 is 0 Å². The first kappa shape index (κ1) is 15.4. The highest BCUT2D eigenvalue weighted by atomic mass is 35.5. The van der Waals surface area contributed by atoms with Gasteiger partial charge in [-0.3, -0.25) is 0 Å². The third-order valence-corrected chi connectivity index (χ3v) is 3.83. The van der Waals surface area contributed by atoms with Crippen molar-refractivity contribution >= 4 is 11.6 Å². The van der Waals surface area contributed by atoms with E-state index in [2.05, 4.69) is 43.1 Å². The van der Waals surface area contributed by atoms with Crippen LogP contribution < -0.4 is 5.32 Å². The molecule has 4 nitrogen and oxygen atoms in total. The fourth-order valence-corrected chi connectivity index (χ4v) is 2.59. The van der Waals surface area contributed by atoms with Crippen molar-refractivity contribution in [3.05, 3.63) is 12.2 Å². The smallest absolute Gasteiger partial charge is 0.141 e. The Morgan fingerprint density at radius 2 is 2.00 bits per heavy atom. The van der Waals surface area contributed by atoms with E-state index in [-0.39, 0.29) is 5.38 Å². The van der Waals surface area contributed by atoms with Gasteiger partial charge < -0.3 is 5.32 Å². The Labute approximate surface area is 115 Å². The van der Waals surface area contributed by atoms with Gasteiger partial charge in [-0.05, 0) is 19.8 Å². The van der Waals surface area contributed by atoms with Crippen molar-refractivity contribution in [3.63, 3.8) is 0 Å². The number of hydrogen-bond acceptors (Lipinski definition) is 3. The predicted octanol–water partition coefficient (Wildman–Crippen LogP) is 2.99. The average molecular weight is 273 g/mol. The molecule has 18 heavy (non-hydrogen) atoms. The first-order chi connectivity index (χ1) is 8.60. The minimum absolute atomic E-state index is 0.190. The topological polar surface area (TPSA) is 42.7 Å². The summed E-state index contributed by atoms with van der Waals surface area (Å²) in [7, 11) is 0. The van der Waals surface area contributed by atoms with Crippen molar-refractivity contribution in [2.45, 2.75) is 58.5 Å². The molecule has 0 aromatic carbocycles. The van der Waals surface area contributed by atoms with Crippen LogP contribution >= 0.6 is 11.6 Å². The summed E-state index contributed by atoms with van der Waals surface area (Å²) in [4.78, 5) is 4.27. The average Bonchev–Trinajstić information content (AvgIpc) is 2.79. The molecule has 0 radical (unpaired) electrons. The zero-order valence-electron chi connectivity index (χ0n) is 11.9. The third kappa shape index (κ3) is 4.25. The zero-order valence-corrected chi connectivity index (χ0v) is 12.6. The molecule has 0 amide bonds. The highest BCUT2D eigenvalue weighted by molar-refractivity contribution is 6.21. The monoisotopic (exact) mass is 272 g/mol. The van der Waals surface area contributed by atoms with Gasteiger partial charge in [0.15, 0.2) is 0 Å². The minimum atomic E-state index is 0.190. The molecule has 0 aliphatic carbocycles. The maximum absolute atomic E-state index is 6.38. The molecular weight excluding hydrogens is 248 g/mol. The maximum atomic E-state index is 6.38. The lowest BCUT2D eigenvalue weighted by Crippen LogP contribution is -2.29. The molecule has 1 rings (SSSR count). The fraction of sp³-hybridized carbons (Fsp3) is 0.846. The van der Waals surface area contributed by atoms with Gasteiger partial charge in [-0.2, -0.15) is 5.10 Å². The Hall–Kier alpha value is -0.610. The van der Waals surface area contributed by atoms with Crippen LogP contribution in [0.2, 0.25) is 0 Å². The first-order valence-corrected chi connectivity index (χ1v) is 7.26. The van der Waals surface area contributed by atoms with Gasteiger partial charge in [-0.1, -0.05) is 26.7 Å². The summed E-state index contributed by atoms with van der Waals surface area (Å²) in [5.74, 6) is 1.56. The quantitative estimate of drug-likeness (QED) is 0.740. The molecule has 1 heterocycles. The Kier molecular flexibility index (Phi) is 6.65. The number of nitrogens with zero attached hydrogens (tertiary/aromatic N) is 3. The summed E-state index contributed by atoms with van der Waals surface area (Å²) >= 11 is 6.38. The number of alkyl halides is 1. The van der Waals surface area contributed by atoms with Gasteiger partial charge in [-0.25, -0.2) is 9.67 Å². The van der Waals surface area contributed by atoms with Crippen molar-refractivity contribution in [1.82, 2.24) is 20.1 Å². The van der Waals surface area contributed by atoms with E-state index in [1.165, 1.54) is 0 Å². The van der Waals surface area contributed by atoms with Crippen LogP contribution in [0.15, 0.2) is 6.33 Å². The second-order valence-electron chi connectivity index (χ2n) is 4.94.